The summed E-state index contributed by atoms with van der Waals surface area (Å²) in [7, 11) is 0. The minimum atomic E-state index is 0.248. The van der Waals surface area contributed by atoms with Gasteiger partial charge in [-0.25, -0.2) is 0 Å². The van der Waals surface area contributed by atoms with Gasteiger partial charge in [-0.3, -0.25) is 0 Å². The molecule has 1 aromatic carbocycles. The topological polar surface area (TPSA) is 42.2 Å². The smallest absolute Gasteiger partial charge is 0.231 e. The fourth-order valence-corrected chi connectivity index (χ4v) is 1.15. The first-order valence-corrected chi connectivity index (χ1v) is 3.80. The van der Waals surface area contributed by atoms with E-state index in [4.69, 9.17) is 14.7 Å². The van der Waals surface area contributed by atoms with E-state index in [9.17, 15) is 0 Å². The number of hydrogen-bond acceptors (Lipinski definition) is 3. The van der Waals surface area contributed by atoms with E-state index in [1.54, 1.807) is 18.2 Å². The molecule has 0 saturated heterocycles. The van der Waals surface area contributed by atoms with Gasteiger partial charge in [-0.1, -0.05) is 6.58 Å². The van der Waals surface area contributed by atoms with Gasteiger partial charge in [0.15, 0.2) is 11.5 Å². The Bertz CT molecular complexity index is 404. The molecule has 64 valence electrons. The lowest BCUT2D eigenvalue weighted by atomic mass is 10.1. The second kappa shape index (κ2) is 2.83. The van der Waals surface area contributed by atoms with E-state index in [0.29, 0.717) is 11.3 Å². The molecule has 2 rings (SSSR count). The van der Waals surface area contributed by atoms with Gasteiger partial charge in [-0.05, 0) is 23.8 Å². The molecule has 0 radical (unpaired) electrons. The predicted octanol–water partition coefficient (Wildman–Crippen LogP) is 1.95. The van der Waals surface area contributed by atoms with Crippen LogP contribution in [0.15, 0.2) is 24.8 Å². The molecule has 0 aliphatic carbocycles. The van der Waals surface area contributed by atoms with E-state index < -0.39 is 0 Å². The third-order valence-corrected chi connectivity index (χ3v) is 1.86. The number of ether oxygens (including phenoxy) is 2. The summed E-state index contributed by atoms with van der Waals surface area (Å²) in [4.78, 5) is 0. The van der Waals surface area contributed by atoms with E-state index in [1.807, 2.05) is 6.07 Å². The van der Waals surface area contributed by atoms with E-state index >= 15 is 0 Å². The van der Waals surface area contributed by atoms with Crippen molar-refractivity contribution >= 4 is 5.57 Å². The van der Waals surface area contributed by atoms with E-state index in [-0.39, 0.29) is 6.79 Å². The van der Waals surface area contributed by atoms with Crippen molar-refractivity contribution in [1.82, 2.24) is 0 Å². The molecule has 3 nitrogen and oxygen atoms in total. The van der Waals surface area contributed by atoms with Crippen LogP contribution in [0.5, 0.6) is 11.5 Å². The molecule has 0 bridgehead atoms. The average molecular weight is 173 g/mol. The van der Waals surface area contributed by atoms with Crippen LogP contribution in [0, 0.1) is 11.3 Å². The summed E-state index contributed by atoms with van der Waals surface area (Å²) < 4.78 is 10.3. The average Bonchev–Trinajstić information content (AvgIpc) is 2.63. The minimum Gasteiger partial charge on any atom is -0.454 e. The summed E-state index contributed by atoms with van der Waals surface area (Å²) in [5.74, 6) is 1.39. The number of allylic oxidation sites excluding steroid dienone is 1. The van der Waals surface area contributed by atoms with Crippen LogP contribution in [0.4, 0.5) is 0 Å². The highest BCUT2D eigenvalue weighted by molar-refractivity contribution is 5.76. The molecule has 1 heterocycles. The summed E-state index contributed by atoms with van der Waals surface area (Å²) in [5, 5.41) is 8.62. The molecule has 1 aliphatic rings. The Kier molecular flexibility index (Phi) is 1.67. The third-order valence-electron chi connectivity index (χ3n) is 1.86. The van der Waals surface area contributed by atoms with Crippen LogP contribution < -0.4 is 9.47 Å². The third kappa shape index (κ3) is 1.23. The fourth-order valence-electron chi connectivity index (χ4n) is 1.15. The molecule has 0 unspecified atom stereocenters. The van der Waals surface area contributed by atoms with Gasteiger partial charge >= 0.3 is 0 Å². The maximum atomic E-state index is 8.62. The second-order valence-electron chi connectivity index (χ2n) is 2.66. The Morgan fingerprint density at radius 2 is 2.15 bits per heavy atom. The van der Waals surface area contributed by atoms with Gasteiger partial charge < -0.3 is 9.47 Å². The van der Waals surface area contributed by atoms with E-state index in [2.05, 4.69) is 6.58 Å². The fraction of sp³-hybridized carbons (Fsp3) is 0.100. The summed E-state index contributed by atoms with van der Waals surface area (Å²) in [6.07, 6.45) is 0. The molecular formula is C10H7NO2. The predicted molar refractivity (Wildman–Crippen MR) is 47.2 cm³/mol. The van der Waals surface area contributed by atoms with Gasteiger partial charge in [0.2, 0.25) is 6.79 Å². The van der Waals surface area contributed by atoms with E-state index in [0.717, 1.165) is 11.3 Å². The van der Waals surface area contributed by atoms with Gasteiger partial charge in [-0.2, -0.15) is 5.26 Å². The Morgan fingerprint density at radius 1 is 1.38 bits per heavy atom. The summed E-state index contributed by atoms with van der Waals surface area (Å²) in [5.41, 5.74) is 1.20. The van der Waals surface area contributed by atoms with Gasteiger partial charge in [0.25, 0.3) is 0 Å². The minimum absolute atomic E-state index is 0.248. The number of nitriles is 1. The molecule has 0 saturated carbocycles. The van der Waals surface area contributed by atoms with Crippen molar-refractivity contribution in [1.29, 1.82) is 5.26 Å². The largest absolute Gasteiger partial charge is 0.454 e. The maximum absolute atomic E-state index is 8.62. The lowest BCUT2D eigenvalue weighted by Gasteiger charge is -1.98. The normalized spacial score (nSPS) is 12.2. The van der Waals surface area contributed by atoms with Crippen molar-refractivity contribution in [2.75, 3.05) is 6.79 Å². The van der Waals surface area contributed by atoms with Crippen molar-refractivity contribution in [2.45, 2.75) is 0 Å². The van der Waals surface area contributed by atoms with Crippen LogP contribution in [0.2, 0.25) is 0 Å². The van der Waals surface area contributed by atoms with Crippen LogP contribution in [0.25, 0.3) is 5.57 Å². The van der Waals surface area contributed by atoms with E-state index in [1.165, 1.54) is 0 Å². The zero-order valence-corrected chi connectivity index (χ0v) is 6.91. The first-order chi connectivity index (χ1) is 6.31. The number of benzene rings is 1. The Hall–Kier alpha value is -1.95. The van der Waals surface area contributed by atoms with Crippen molar-refractivity contribution < 1.29 is 9.47 Å². The molecule has 0 aromatic heterocycles. The first-order valence-electron chi connectivity index (χ1n) is 3.80. The number of nitrogens with zero attached hydrogens (tertiary/aromatic N) is 1. The number of fused-ring (bicyclic) bond motifs is 1. The quantitative estimate of drug-likeness (QED) is 0.609. The SMILES string of the molecule is C=C(C#N)c1ccc2c(c1)OCO2. The number of hydrogen-bond donors (Lipinski definition) is 0. The Balaban J connectivity index is 2.43. The first kappa shape index (κ1) is 7.69. The molecule has 3 heteroatoms. The summed E-state index contributed by atoms with van der Waals surface area (Å²) >= 11 is 0. The maximum Gasteiger partial charge on any atom is 0.231 e. The van der Waals surface area contributed by atoms with Gasteiger partial charge in [-0.15, -0.1) is 0 Å². The molecular weight excluding hydrogens is 166 g/mol. The molecule has 0 N–H and O–H groups in total. The van der Waals surface area contributed by atoms with Crippen molar-refractivity contribution in [2.24, 2.45) is 0 Å². The van der Waals surface area contributed by atoms with Crippen molar-refractivity contribution in [3.8, 4) is 17.6 Å². The molecule has 0 spiro atoms. The Morgan fingerprint density at radius 3 is 2.92 bits per heavy atom. The van der Waals surface area contributed by atoms with Crippen LogP contribution >= 0.6 is 0 Å². The highest BCUT2D eigenvalue weighted by Gasteiger charge is 2.13. The monoisotopic (exact) mass is 173 g/mol. The standard InChI is InChI=1S/C10H7NO2/c1-7(5-11)8-2-3-9-10(4-8)13-6-12-9/h2-4H,1,6H2. The molecule has 0 atom stereocenters. The van der Waals surface area contributed by atoms with Crippen LogP contribution in [0.1, 0.15) is 5.56 Å². The molecule has 1 aliphatic heterocycles. The summed E-state index contributed by atoms with van der Waals surface area (Å²) in [6, 6.07) is 7.31. The lowest BCUT2D eigenvalue weighted by molar-refractivity contribution is 0.174. The van der Waals surface area contributed by atoms with Crippen molar-refractivity contribution in [3.63, 3.8) is 0 Å². The van der Waals surface area contributed by atoms with Gasteiger partial charge in [0.05, 0.1) is 11.6 Å². The highest BCUT2D eigenvalue weighted by atomic mass is 16.7. The Labute approximate surface area is 75.8 Å². The number of rotatable bonds is 1. The van der Waals surface area contributed by atoms with Gasteiger partial charge in [0.1, 0.15) is 0 Å². The van der Waals surface area contributed by atoms with Crippen molar-refractivity contribution in [3.05, 3.63) is 30.3 Å². The van der Waals surface area contributed by atoms with Crippen LogP contribution in [-0.4, -0.2) is 6.79 Å². The molecule has 0 fully saturated rings. The molecule has 1 aromatic rings. The summed E-state index contributed by atoms with van der Waals surface area (Å²) in [6.45, 7) is 3.86. The van der Waals surface area contributed by atoms with Crippen LogP contribution in [0.3, 0.4) is 0 Å². The van der Waals surface area contributed by atoms with Crippen LogP contribution in [-0.2, 0) is 0 Å². The molecule has 0 amide bonds. The second-order valence-corrected chi connectivity index (χ2v) is 2.66. The zero-order chi connectivity index (χ0) is 9.26. The highest BCUT2D eigenvalue weighted by Crippen LogP contribution is 2.33. The molecule has 13 heavy (non-hydrogen) atoms. The lowest BCUT2D eigenvalue weighted by Crippen LogP contribution is -1.92. The van der Waals surface area contributed by atoms with Gasteiger partial charge in [0, 0.05) is 0 Å². The zero-order valence-electron chi connectivity index (χ0n) is 6.91.